The third kappa shape index (κ3) is 3.05. The first-order valence-corrected chi connectivity index (χ1v) is 6.62. The van der Waals surface area contributed by atoms with Crippen molar-refractivity contribution in [1.82, 2.24) is 4.57 Å². The van der Waals surface area contributed by atoms with E-state index in [0.29, 0.717) is 16.7 Å². The Labute approximate surface area is 121 Å². The van der Waals surface area contributed by atoms with Crippen molar-refractivity contribution in [3.05, 3.63) is 40.2 Å². The van der Waals surface area contributed by atoms with Crippen molar-refractivity contribution < 1.29 is 19.7 Å². The Morgan fingerprint density at radius 3 is 2.62 bits per heavy atom. The Morgan fingerprint density at radius 1 is 1.33 bits per heavy atom. The number of hydrogen-bond donors (Lipinski definition) is 2. The Hall–Kier alpha value is -2.34. The third-order valence-electron chi connectivity index (χ3n) is 3.00. The van der Waals surface area contributed by atoms with Gasteiger partial charge in [0.25, 0.3) is 0 Å². The number of nitrogens with zero attached hydrogens (tertiary/aromatic N) is 1. The van der Waals surface area contributed by atoms with Crippen LogP contribution >= 0.6 is 0 Å². The predicted octanol–water partition coefficient (Wildman–Crippen LogP) is 1.48. The fourth-order valence-corrected chi connectivity index (χ4v) is 2.22. The summed E-state index contributed by atoms with van der Waals surface area (Å²) < 4.78 is 6.98. The van der Waals surface area contributed by atoms with Gasteiger partial charge in [0, 0.05) is 24.1 Å². The van der Waals surface area contributed by atoms with Gasteiger partial charge in [-0.25, -0.2) is 4.79 Å². The van der Waals surface area contributed by atoms with E-state index in [-0.39, 0.29) is 30.4 Å². The van der Waals surface area contributed by atoms with Crippen LogP contribution in [0.4, 0.5) is 0 Å². The number of carboxylic acids is 1. The summed E-state index contributed by atoms with van der Waals surface area (Å²) in [4.78, 5) is 23.3. The van der Waals surface area contributed by atoms with Gasteiger partial charge in [0.2, 0.25) is 0 Å². The van der Waals surface area contributed by atoms with E-state index < -0.39 is 5.97 Å². The zero-order valence-electron chi connectivity index (χ0n) is 11.9. The third-order valence-corrected chi connectivity index (χ3v) is 3.00. The first-order valence-electron chi connectivity index (χ1n) is 6.62. The van der Waals surface area contributed by atoms with Gasteiger partial charge in [-0.2, -0.15) is 0 Å². The number of fused-ring (bicyclic) bond motifs is 1. The highest BCUT2D eigenvalue weighted by Crippen LogP contribution is 2.21. The average Bonchev–Trinajstić information content (AvgIpc) is 2.40. The molecule has 0 spiro atoms. The first-order chi connectivity index (χ1) is 9.93. The van der Waals surface area contributed by atoms with Crippen LogP contribution in [0, 0.1) is 0 Å². The Balaban J connectivity index is 2.75. The second-order valence-corrected chi connectivity index (χ2v) is 4.92. The van der Waals surface area contributed by atoms with Gasteiger partial charge < -0.3 is 19.5 Å². The molecule has 6 heteroatoms. The van der Waals surface area contributed by atoms with E-state index in [0.717, 1.165) is 6.07 Å². The summed E-state index contributed by atoms with van der Waals surface area (Å²) in [7, 11) is 0. The van der Waals surface area contributed by atoms with Crippen LogP contribution < -0.4 is 10.2 Å². The molecule has 2 N–H and O–H groups in total. The number of rotatable bonds is 5. The fourth-order valence-electron chi connectivity index (χ4n) is 2.22. The number of aliphatic hydroxyl groups excluding tert-OH is 1. The predicted molar refractivity (Wildman–Crippen MR) is 78.0 cm³/mol. The highest BCUT2D eigenvalue weighted by molar-refractivity contribution is 5.91. The van der Waals surface area contributed by atoms with E-state index in [9.17, 15) is 14.7 Å². The number of carbonyl (C=O) groups is 1. The first kappa shape index (κ1) is 15.1. The molecule has 0 saturated carbocycles. The van der Waals surface area contributed by atoms with Crippen molar-refractivity contribution in [2.24, 2.45) is 0 Å². The maximum atomic E-state index is 12.0. The number of benzene rings is 1. The topological polar surface area (TPSA) is 88.8 Å². The molecule has 0 aliphatic carbocycles. The monoisotopic (exact) mass is 291 g/mol. The van der Waals surface area contributed by atoms with E-state index in [1.165, 1.54) is 4.57 Å². The molecule has 1 aromatic carbocycles. The Kier molecular flexibility index (Phi) is 4.28. The summed E-state index contributed by atoms with van der Waals surface area (Å²) in [6.45, 7) is 3.61. The van der Waals surface area contributed by atoms with Crippen molar-refractivity contribution in [2.75, 3.05) is 6.61 Å². The van der Waals surface area contributed by atoms with Gasteiger partial charge in [0.05, 0.1) is 18.2 Å². The van der Waals surface area contributed by atoms with Crippen LogP contribution in [0.3, 0.4) is 0 Å². The molecule has 0 fully saturated rings. The lowest BCUT2D eigenvalue weighted by molar-refractivity contribution is 0.0683. The maximum absolute atomic E-state index is 12.0. The molecule has 0 atom stereocenters. The molecule has 2 rings (SSSR count). The Morgan fingerprint density at radius 2 is 2.05 bits per heavy atom. The minimum Gasteiger partial charge on any atom is -0.491 e. The van der Waals surface area contributed by atoms with Crippen LogP contribution in [-0.4, -0.2) is 33.5 Å². The van der Waals surface area contributed by atoms with Gasteiger partial charge in [0.1, 0.15) is 11.4 Å². The Bertz CT molecular complexity index is 733. The van der Waals surface area contributed by atoms with Crippen LogP contribution in [0.25, 0.3) is 10.9 Å². The molecule has 1 heterocycles. The van der Waals surface area contributed by atoms with Crippen molar-refractivity contribution in [3.63, 3.8) is 0 Å². The second-order valence-electron chi connectivity index (χ2n) is 4.92. The molecule has 6 nitrogen and oxygen atoms in total. The van der Waals surface area contributed by atoms with Crippen LogP contribution in [0.1, 0.15) is 24.3 Å². The number of aromatic nitrogens is 1. The van der Waals surface area contributed by atoms with Crippen molar-refractivity contribution in [1.29, 1.82) is 0 Å². The van der Waals surface area contributed by atoms with Crippen molar-refractivity contribution in [3.8, 4) is 5.75 Å². The molecule has 112 valence electrons. The van der Waals surface area contributed by atoms with E-state index in [1.54, 1.807) is 18.2 Å². The summed E-state index contributed by atoms with van der Waals surface area (Å²) in [6, 6.07) is 5.98. The lowest BCUT2D eigenvalue weighted by atomic mass is 10.1. The van der Waals surface area contributed by atoms with Gasteiger partial charge in [0.15, 0.2) is 5.43 Å². The quantitative estimate of drug-likeness (QED) is 0.871. The molecule has 0 bridgehead atoms. The summed E-state index contributed by atoms with van der Waals surface area (Å²) in [5.74, 6) is -0.663. The molecule has 0 radical (unpaired) electrons. The van der Waals surface area contributed by atoms with Crippen LogP contribution in [0.2, 0.25) is 0 Å². The van der Waals surface area contributed by atoms with Crippen LogP contribution in [0.15, 0.2) is 29.1 Å². The number of aromatic carboxylic acids is 1. The van der Waals surface area contributed by atoms with Crippen molar-refractivity contribution >= 4 is 16.9 Å². The second kappa shape index (κ2) is 5.97. The minimum absolute atomic E-state index is 0.0388. The molecule has 2 aromatic rings. The van der Waals surface area contributed by atoms with Gasteiger partial charge in [-0.05, 0) is 26.0 Å². The van der Waals surface area contributed by atoms with Gasteiger partial charge in [-0.3, -0.25) is 4.79 Å². The minimum atomic E-state index is -1.21. The molecule has 21 heavy (non-hydrogen) atoms. The van der Waals surface area contributed by atoms with Crippen LogP contribution in [-0.2, 0) is 6.54 Å². The van der Waals surface area contributed by atoms with E-state index >= 15 is 0 Å². The molecular weight excluding hydrogens is 274 g/mol. The standard InChI is InChI=1S/C15H17NO5/c1-9(2)21-10-3-4-11-12(7-10)16(5-6-17)13(15(19)20)8-14(11)18/h3-4,7-9,17H,5-6H2,1-2H3,(H,19,20). The number of carboxylic acid groups (broad SMARTS) is 1. The van der Waals surface area contributed by atoms with E-state index in [2.05, 4.69) is 0 Å². The van der Waals surface area contributed by atoms with E-state index in [1.807, 2.05) is 13.8 Å². The molecular formula is C15H17NO5. The molecule has 0 aliphatic heterocycles. The number of ether oxygens (including phenoxy) is 1. The van der Waals surface area contributed by atoms with Gasteiger partial charge in [-0.1, -0.05) is 0 Å². The molecule has 0 saturated heterocycles. The molecule has 0 aliphatic rings. The summed E-state index contributed by atoms with van der Waals surface area (Å²) >= 11 is 0. The SMILES string of the molecule is CC(C)Oc1ccc2c(=O)cc(C(=O)O)n(CCO)c2c1. The average molecular weight is 291 g/mol. The lowest BCUT2D eigenvalue weighted by Gasteiger charge is -2.15. The van der Waals surface area contributed by atoms with Gasteiger partial charge in [-0.15, -0.1) is 0 Å². The number of pyridine rings is 1. The zero-order valence-corrected chi connectivity index (χ0v) is 11.9. The lowest BCUT2D eigenvalue weighted by Crippen LogP contribution is -2.19. The summed E-state index contributed by atoms with van der Waals surface area (Å²) in [6.07, 6.45) is -0.0388. The normalized spacial score (nSPS) is 11.0. The van der Waals surface area contributed by atoms with Gasteiger partial charge >= 0.3 is 5.97 Å². The highest BCUT2D eigenvalue weighted by Gasteiger charge is 2.15. The largest absolute Gasteiger partial charge is 0.491 e. The molecule has 0 unspecified atom stereocenters. The maximum Gasteiger partial charge on any atom is 0.352 e. The number of hydrogen-bond acceptors (Lipinski definition) is 4. The smallest absolute Gasteiger partial charge is 0.352 e. The summed E-state index contributed by atoms with van der Waals surface area (Å²) in [5, 5.41) is 18.8. The fraction of sp³-hybridized carbons (Fsp3) is 0.333. The zero-order chi connectivity index (χ0) is 15.6. The molecule has 0 amide bonds. The summed E-state index contributed by atoms with van der Waals surface area (Å²) in [5.41, 5.74) is -0.0805. The van der Waals surface area contributed by atoms with E-state index in [4.69, 9.17) is 9.84 Å². The van der Waals surface area contributed by atoms with Crippen molar-refractivity contribution in [2.45, 2.75) is 26.5 Å². The van der Waals surface area contributed by atoms with Crippen LogP contribution in [0.5, 0.6) is 5.75 Å². The molecule has 1 aromatic heterocycles. The highest BCUT2D eigenvalue weighted by atomic mass is 16.5. The number of aliphatic hydroxyl groups is 1.